The summed E-state index contributed by atoms with van der Waals surface area (Å²) in [7, 11) is 23.9. The highest BCUT2D eigenvalue weighted by Gasteiger charge is 2.11. The zero-order chi connectivity index (χ0) is 52.3. The monoisotopic (exact) mass is 948 g/mol. The molecule has 0 heterocycles. The van der Waals surface area contributed by atoms with E-state index in [1.807, 2.05) is 69.4 Å². The molecule has 16 heteroatoms. The van der Waals surface area contributed by atoms with Crippen LogP contribution < -0.4 is 0 Å². The van der Waals surface area contributed by atoms with Gasteiger partial charge in [-0.15, -0.1) is 0 Å². The van der Waals surface area contributed by atoms with Crippen LogP contribution in [0.1, 0.15) is 132 Å². The van der Waals surface area contributed by atoms with E-state index >= 15 is 0 Å². The first-order chi connectivity index (χ1) is 28.5. The lowest BCUT2D eigenvalue weighted by Gasteiger charge is -2.24. The molecule has 0 aliphatic carbocycles. The van der Waals surface area contributed by atoms with Crippen LogP contribution in [0.5, 0.6) is 0 Å². The molecular formula is C48H113N7O8S. The third kappa shape index (κ3) is 71.6. The third-order valence-corrected chi connectivity index (χ3v) is 8.43. The molecule has 0 radical (unpaired) electrons. The smallest absolute Gasteiger partial charge is 0.308 e. The number of amides is 3. The molecule has 0 fully saturated rings. The van der Waals surface area contributed by atoms with E-state index in [9.17, 15) is 19.2 Å². The minimum Gasteiger partial charge on any atom is -0.469 e. The molecule has 0 atom stereocenters. The van der Waals surface area contributed by atoms with Crippen LogP contribution in [0.4, 0.5) is 0 Å². The number of hydrogen-bond donors (Lipinski definition) is 0. The van der Waals surface area contributed by atoms with E-state index in [-0.39, 0.29) is 54.8 Å². The topological polar surface area (TPSA) is 128 Å². The fraction of sp³-hybridized carbons (Fsp3) is 0.917. The molecule has 0 aromatic heterocycles. The standard InChI is InChI=1S/C7H18N2.C7H15NO.C6H13NO2.C6H13NO.2C6H15N.C5H10O2.C4H10O2S.CH4/c1-7(2)9(5)6-8(3)4;1-5-8(4)7(9)6(2)3;1-5(2)6(8)7(3)9-4;1-5(2)6(8)7(3)4;1-6(2)5-7(3)4;1-5-7(4)6(2)3;1-4(2)5(6)7-3;1-4(2)7-6-5-3;/h7H,6H2,1-5H3;6H,5H2,1-4H3;5H,1-4H3;5H,1-4H3;2*6H,5H2,1-4H3;2*4H,1-3H3;1H4. The third-order valence-electron chi connectivity index (χ3n) is 7.83. The summed E-state index contributed by atoms with van der Waals surface area (Å²) in [5, 5.41) is 1.70. The highest BCUT2D eigenvalue weighted by molar-refractivity contribution is 7.95. The summed E-state index contributed by atoms with van der Waals surface area (Å²) in [5.74, 6) is 1.33. The van der Waals surface area contributed by atoms with Crippen molar-refractivity contribution in [3.63, 3.8) is 0 Å². The highest BCUT2D eigenvalue weighted by Crippen LogP contribution is 2.09. The first-order valence-corrected chi connectivity index (χ1v) is 23.3. The Bertz CT molecular complexity index is 973. The van der Waals surface area contributed by atoms with Gasteiger partial charge in [0.15, 0.2) is 0 Å². The molecule has 0 bridgehead atoms. The van der Waals surface area contributed by atoms with Gasteiger partial charge in [0.05, 0.1) is 27.2 Å². The van der Waals surface area contributed by atoms with Crippen LogP contribution in [0, 0.1) is 29.6 Å². The molecule has 64 heavy (non-hydrogen) atoms. The summed E-state index contributed by atoms with van der Waals surface area (Å²) >= 11 is 1.31. The average Bonchev–Trinajstić information content (AvgIpc) is 3.18. The van der Waals surface area contributed by atoms with Gasteiger partial charge in [-0.25, -0.2) is 9.95 Å². The van der Waals surface area contributed by atoms with E-state index in [0.29, 0.717) is 17.3 Å². The Balaban J connectivity index is -0.0000000772. The van der Waals surface area contributed by atoms with E-state index in [1.54, 1.807) is 44.8 Å². The SMILES string of the molecule is C.CC(C)C(=O)N(C)C.CC(C)CN(C)C.CC(C)N(C)CN(C)C.CCN(C)C(=O)C(C)C.CCN(C)C(C)C.COC(=O)C(C)C.CON(C)C(=O)C(C)C.COOSC(C)C. The normalized spacial score (nSPS) is 10.2. The first-order valence-electron chi connectivity index (χ1n) is 22.5. The molecule has 0 unspecified atom stereocenters. The molecule has 394 valence electrons. The van der Waals surface area contributed by atoms with Crippen LogP contribution in [0.15, 0.2) is 0 Å². The van der Waals surface area contributed by atoms with E-state index in [0.717, 1.165) is 25.7 Å². The molecule has 0 rings (SSSR count). The summed E-state index contributed by atoms with van der Waals surface area (Å²) in [6.07, 6.45) is 0. The molecule has 0 spiro atoms. The van der Waals surface area contributed by atoms with Gasteiger partial charge in [-0.3, -0.25) is 33.8 Å². The lowest BCUT2D eigenvalue weighted by Crippen LogP contribution is -2.35. The van der Waals surface area contributed by atoms with Gasteiger partial charge < -0.3 is 24.3 Å². The maximum Gasteiger partial charge on any atom is 0.308 e. The first kappa shape index (κ1) is 82.1. The molecule has 0 aliphatic heterocycles. The molecule has 0 aromatic rings. The van der Waals surface area contributed by atoms with Crippen LogP contribution in [0.2, 0.25) is 0 Å². The number of rotatable bonds is 16. The lowest BCUT2D eigenvalue weighted by molar-refractivity contribution is -0.172. The summed E-state index contributed by atoms with van der Waals surface area (Å²) in [6, 6.07) is 1.34. The maximum atomic E-state index is 11.0. The second kappa shape index (κ2) is 53.6. The van der Waals surface area contributed by atoms with E-state index in [4.69, 9.17) is 0 Å². The number of carbonyl (C=O) groups is 4. The number of methoxy groups -OCH3 is 1. The van der Waals surface area contributed by atoms with Crippen molar-refractivity contribution in [3.05, 3.63) is 0 Å². The van der Waals surface area contributed by atoms with Gasteiger partial charge in [-0.2, -0.15) is 4.33 Å². The Morgan fingerprint density at radius 2 is 0.906 bits per heavy atom. The summed E-state index contributed by atoms with van der Waals surface area (Å²) < 4.78 is 8.88. The van der Waals surface area contributed by atoms with Gasteiger partial charge in [-0.05, 0) is 95.9 Å². The predicted molar refractivity (Wildman–Crippen MR) is 279 cm³/mol. The van der Waals surface area contributed by atoms with Crippen LogP contribution in [-0.2, 0) is 38.0 Å². The van der Waals surface area contributed by atoms with E-state index in [2.05, 4.69) is 129 Å². The van der Waals surface area contributed by atoms with Gasteiger partial charge in [0.1, 0.15) is 0 Å². The van der Waals surface area contributed by atoms with Crippen LogP contribution in [0.3, 0.4) is 0 Å². The minimum absolute atomic E-state index is 0. The second-order valence-electron chi connectivity index (χ2n) is 18.0. The number of nitrogens with zero attached hydrogens (tertiary/aromatic N) is 7. The predicted octanol–water partition coefficient (Wildman–Crippen LogP) is 8.98. The Kier molecular flexibility index (Phi) is 68.7. The number of carbonyl (C=O) groups excluding carboxylic acids is 4. The highest BCUT2D eigenvalue weighted by atomic mass is 32.2. The molecule has 3 amide bonds. The van der Waals surface area contributed by atoms with E-state index < -0.39 is 0 Å². The zero-order valence-corrected chi connectivity index (χ0v) is 48.1. The fourth-order valence-corrected chi connectivity index (χ4v) is 3.86. The Hall–Kier alpha value is -2.05. The molecule has 15 nitrogen and oxygen atoms in total. The van der Waals surface area contributed by atoms with Gasteiger partial charge in [0.25, 0.3) is 0 Å². The van der Waals surface area contributed by atoms with Gasteiger partial charge in [-0.1, -0.05) is 97.4 Å². The van der Waals surface area contributed by atoms with Crippen molar-refractivity contribution in [3.8, 4) is 0 Å². The van der Waals surface area contributed by atoms with Crippen molar-refractivity contribution in [1.29, 1.82) is 0 Å². The summed E-state index contributed by atoms with van der Waals surface area (Å²) in [6.45, 7) is 40.5. The number of hydrogen-bond acceptors (Lipinski definition) is 13. The van der Waals surface area contributed by atoms with Crippen molar-refractivity contribution in [2.24, 2.45) is 29.6 Å². The van der Waals surface area contributed by atoms with E-state index in [1.165, 1.54) is 45.0 Å². The second-order valence-corrected chi connectivity index (χ2v) is 19.3. The van der Waals surface area contributed by atoms with Gasteiger partial charge >= 0.3 is 5.97 Å². The molecule has 0 aliphatic rings. The molecule has 0 aromatic carbocycles. The van der Waals surface area contributed by atoms with Crippen molar-refractivity contribution < 1.29 is 38.0 Å². The summed E-state index contributed by atoms with van der Waals surface area (Å²) in [5.41, 5.74) is 0. The average molecular weight is 949 g/mol. The van der Waals surface area contributed by atoms with Gasteiger partial charge in [0, 0.05) is 88.5 Å². The van der Waals surface area contributed by atoms with Crippen molar-refractivity contribution in [2.75, 3.05) is 118 Å². The van der Waals surface area contributed by atoms with Crippen LogP contribution >= 0.6 is 12.0 Å². The lowest BCUT2D eigenvalue weighted by atomic mass is 10.2. The van der Waals surface area contributed by atoms with Crippen LogP contribution in [0.25, 0.3) is 0 Å². The molecule has 0 saturated carbocycles. The maximum absolute atomic E-state index is 11.0. The fourth-order valence-electron chi connectivity index (χ4n) is 3.63. The molecule has 0 N–H and O–H groups in total. The zero-order valence-electron chi connectivity index (χ0n) is 47.3. The van der Waals surface area contributed by atoms with Gasteiger partial charge in [0.2, 0.25) is 17.7 Å². The minimum atomic E-state index is -0.153. The molecular weight excluding hydrogens is 835 g/mol. The van der Waals surface area contributed by atoms with Crippen LogP contribution in [-0.4, -0.2) is 194 Å². The quantitative estimate of drug-likeness (QED) is 0.0481. The Labute approximate surface area is 404 Å². The molecule has 0 saturated heterocycles. The van der Waals surface area contributed by atoms with Crippen molar-refractivity contribution in [1.82, 2.24) is 34.5 Å². The number of ether oxygens (including phenoxy) is 1. The Morgan fingerprint density at radius 3 is 0.969 bits per heavy atom. The largest absolute Gasteiger partial charge is 0.469 e. The Morgan fingerprint density at radius 1 is 0.516 bits per heavy atom. The van der Waals surface area contributed by atoms with Crippen molar-refractivity contribution in [2.45, 2.75) is 149 Å². The van der Waals surface area contributed by atoms with Crippen molar-refractivity contribution >= 4 is 35.7 Å². The summed E-state index contributed by atoms with van der Waals surface area (Å²) in [4.78, 5) is 64.2. The number of esters is 1. The number of hydroxylamine groups is 2.